The molecule has 0 radical (unpaired) electrons. The van der Waals surface area contributed by atoms with Crippen molar-refractivity contribution < 1.29 is 18.7 Å². The second-order valence-corrected chi connectivity index (χ2v) is 6.09. The maximum absolute atomic E-state index is 12.0. The van der Waals surface area contributed by atoms with E-state index in [9.17, 15) is 4.79 Å². The van der Waals surface area contributed by atoms with Gasteiger partial charge in [-0.15, -0.1) is 11.3 Å². The third kappa shape index (κ3) is 4.19. The molecule has 0 unspecified atom stereocenters. The quantitative estimate of drug-likeness (QED) is 0.691. The Morgan fingerprint density at radius 3 is 2.80 bits per heavy atom. The van der Waals surface area contributed by atoms with E-state index in [1.54, 1.807) is 20.5 Å². The van der Waals surface area contributed by atoms with Gasteiger partial charge in [-0.05, 0) is 30.3 Å². The number of aryl methyl sites for hydroxylation is 1. The van der Waals surface area contributed by atoms with Crippen molar-refractivity contribution in [1.29, 1.82) is 0 Å². The van der Waals surface area contributed by atoms with Crippen molar-refractivity contribution in [3.63, 3.8) is 0 Å². The fourth-order valence-electron chi connectivity index (χ4n) is 2.33. The third-order valence-corrected chi connectivity index (χ3v) is 4.37. The summed E-state index contributed by atoms with van der Waals surface area (Å²) in [7, 11) is 3.18. The molecule has 0 fully saturated rings. The van der Waals surface area contributed by atoms with Crippen LogP contribution in [0.15, 0.2) is 46.4 Å². The summed E-state index contributed by atoms with van der Waals surface area (Å²) in [5.74, 6) is 2.00. The number of carbonyl (C=O) groups excluding carboxylic acids is 1. The number of aromatic nitrogens is 1. The molecule has 0 bridgehead atoms. The molecule has 0 atom stereocenters. The molecule has 7 heteroatoms. The largest absolute Gasteiger partial charge is 0.493 e. The normalized spacial score (nSPS) is 10.5. The van der Waals surface area contributed by atoms with Gasteiger partial charge in [0.1, 0.15) is 5.76 Å². The van der Waals surface area contributed by atoms with Crippen LogP contribution in [-0.4, -0.2) is 25.1 Å². The van der Waals surface area contributed by atoms with Crippen LogP contribution in [0.25, 0.3) is 11.3 Å². The molecule has 0 aliphatic rings. The zero-order valence-corrected chi connectivity index (χ0v) is 14.8. The monoisotopic (exact) mass is 358 g/mol. The SMILES string of the molecule is COc1ccc(-c2csc(NC(=O)CCc3ccco3)n2)cc1OC. The van der Waals surface area contributed by atoms with E-state index in [4.69, 9.17) is 13.9 Å². The molecule has 6 nitrogen and oxygen atoms in total. The molecule has 1 amide bonds. The van der Waals surface area contributed by atoms with Gasteiger partial charge >= 0.3 is 0 Å². The lowest BCUT2D eigenvalue weighted by Crippen LogP contribution is -2.11. The topological polar surface area (TPSA) is 73.6 Å². The van der Waals surface area contributed by atoms with E-state index in [0.717, 1.165) is 17.0 Å². The molecular formula is C18H18N2O4S. The van der Waals surface area contributed by atoms with Crippen molar-refractivity contribution in [2.75, 3.05) is 19.5 Å². The van der Waals surface area contributed by atoms with Crippen LogP contribution in [0.3, 0.4) is 0 Å². The van der Waals surface area contributed by atoms with Crippen molar-refractivity contribution >= 4 is 22.4 Å². The Bertz CT molecular complexity index is 843. The number of furan rings is 1. The van der Waals surface area contributed by atoms with E-state index in [2.05, 4.69) is 10.3 Å². The molecule has 0 aliphatic heterocycles. The first-order valence-corrected chi connectivity index (χ1v) is 8.57. The number of carbonyl (C=O) groups is 1. The lowest BCUT2D eigenvalue weighted by atomic mass is 10.1. The number of thiazole rings is 1. The summed E-state index contributed by atoms with van der Waals surface area (Å²) in [6, 6.07) is 9.25. The molecule has 0 saturated carbocycles. The Morgan fingerprint density at radius 1 is 1.24 bits per heavy atom. The second kappa shape index (κ2) is 7.85. The number of methoxy groups -OCH3 is 2. The van der Waals surface area contributed by atoms with Gasteiger partial charge in [-0.2, -0.15) is 0 Å². The van der Waals surface area contributed by atoms with Crippen LogP contribution in [0.4, 0.5) is 5.13 Å². The number of nitrogens with one attached hydrogen (secondary N) is 1. The number of hydrogen-bond donors (Lipinski definition) is 1. The molecule has 1 aromatic carbocycles. The first-order chi connectivity index (χ1) is 12.2. The van der Waals surface area contributed by atoms with Crippen LogP contribution in [0, 0.1) is 0 Å². The molecule has 2 heterocycles. The summed E-state index contributed by atoms with van der Waals surface area (Å²) in [4.78, 5) is 16.5. The van der Waals surface area contributed by atoms with E-state index in [1.165, 1.54) is 11.3 Å². The first-order valence-electron chi connectivity index (χ1n) is 7.69. The number of rotatable bonds is 7. The van der Waals surface area contributed by atoms with Gasteiger partial charge in [-0.25, -0.2) is 4.98 Å². The fourth-order valence-corrected chi connectivity index (χ4v) is 3.07. The minimum absolute atomic E-state index is 0.0930. The van der Waals surface area contributed by atoms with Crippen LogP contribution in [0.2, 0.25) is 0 Å². The molecular weight excluding hydrogens is 340 g/mol. The van der Waals surface area contributed by atoms with Crippen LogP contribution in [-0.2, 0) is 11.2 Å². The van der Waals surface area contributed by atoms with E-state index < -0.39 is 0 Å². The zero-order valence-electron chi connectivity index (χ0n) is 13.9. The van der Waals surface area contributed by atoms with Crippen LogP contribution < -0.4 is 14.8 Å². The summed E-state index contributed by atoms with van der Waals surface area (Å²) in [6.45, 7) is 0. The number of nitrogens with zero attached hydrogens (tertiary/aromatic N) is 1. The summed E-state index contributed by atoms with van der Waals surface area (Å²) in [5, 5.41) is 5.27. The van der Waals surface area contributed by atoms with Crippen LogP contribution in [0.5, 0.6) is 11.5 Å². The summed E-state index contributed by atoms with van der Waals surface area (Å²) >= 11 is 1.38. The summed E-state index contributed by atoms with van der Waals surface area (Å²) in [5.41, 5.74) is 1.66. The van der Waals surface area contributed by atoms with E-state index in [1.807, 2.05) is 35.7 Å². The molecule has 25 heavy (non-hydrogen) atoms. The van der Waals surface area contributed by atoms with E-state index >= 15 is 0 Å². The maximum atomic E-state index is 12.0. The van der Waals surface area contributed by atoms with Gasteiger partial charge in [0.05, 0.1) is 26.2 Å². The number of benzene rings is 1. The minimum atomic E-state index is -0.0930. The van der Waals surface area contributed by atoms with E-state index in [0.29, 0.717) is 29.5 Å². The minimum Gasteiger partial charge on any atom is -0.493 e. The van der Waals surface area contributed by atoms with Gasteiger partial charge in [0, 0.05) is 23.8 Å². The predicted molar refractivity (Wildman–Crippen MR) is 96.3 cm³/mol. The highest BCUT2D eigenvalue weighted by atomic mass is 32.1. The molecule has 0 aliphatic carbocycles. The Hall–Kier alpha value is -2.80. The van der Waals surface area contributed by atoms with Gasteiger partial charge in [0.2, 0.25) is 5.91 Å². The van der Waals surface area contributed by atoms with E-state index in [-0.39, 0.29) is 5.91 Å². The number of hydrogen-bond acceptors (Lipinski definition) is 6. The molecule has 3 aromatic rings. The van der Waals surface area contributed by atoms with Crippen molar-refractivity contribution in [2.24, 2.45) is 0 Å². The van der Waals surface area contributed by atoms with Crippen molar-refractivity contribution in [1.82, 2.24) is 4.98 Å². The Kier molecular flexibility index (Phi) is 5.35. The van der Waals surface area contributed by atoms with Crippen LogP contribution in [0.1, 0.15) is 12.2 Å². The first kappa shape index (κ1) is 17.0. The standard InChI is InChI=1S/C18H18N2O4S/c1-22-15-7-5-12(10-16(15)23-2)14-11-25-18(19-14)20-17(21)8-6-13-4-3-9-24-13/h3-5,7,9-11H,6,8H2,1-2H3,(H,19,20,21). The average molecular weight is 358 g/mol. The van der Waals surface area contributed by atoms with Gasteiger partial charge in [0.25, 0.3) is 0 Å². The highest BCUT2D eigenvalue weighted by Crippen LogP contribution is 2.33. The molecule has 3 rings (SSSR count). The highest BCUT2D eigenvalue weighted by molar-refractivity contribution is 7.14. The van der Waals surface area contributed by atoms with Crippen LogP contribution >= 0.6 is 11.3 Å². The van der Waals surface area contributed by atoms with Crippen molar-refractivity contribution in [2.45, 2.75) is 12.8 Å². The summed E-state index contributed by atoms with van der Waals surface area (Å²) in [6.07, 6.45) is 2.51. The second-order valence-electron chi connectivity index (χ2n) is 5.24. The predicted octanol–water partition coefficient (Wildman–Crippen LogP) is 3.99. The lowest BCUT2D eigenvalue weighted by Gasteiger charge is -2.08. The molecule has 1 N–H and O–H groups in total. The molecule has 130 valence electrons. The Morgan fingerprint density at radius 2 is 2.08 bits per heavy atom. The molecule has 2 aromatic heterocycles. The van der Waals surface area contributed by atoms with Gasteiger partial charge in [-0.3, -0.25) is 4.79 Å². The molecule has 0 spiro atoms. The average Bonchev–Trinajstić information content (AvgIpc) is 3.31. The van der Waals surface area contributed by atoms with Gasteiger partial charge < -0.3 is 19.2 Å². The summed E-state index contributed by atoms with van der Waals surface area (Å²) < 4.78 is 15.8. The fraction of sp³-hybridized carbons (Fsp3) is 0.222. The Balaban J connectivity index is 1.64. The number of ether oxygens (including phenoxy) is 2. The number of anilines is 1. The van der Waals surface area contributed by atoms with Gasteiger partial charge in [-0.1, -0.05) is 0 Å². The molecule has 0 saturated heterocycles. The van der Waals surface area contributed by atoms with Crippen molar-refractivity contribution in [3.05, 3.63) is 47.7 Å². The smallest absolute Gasteiger partial charge is 0.226 e. The maximum Gasteiger partial charge on any atom is 0.226 e. The lowest BCUT2D eigenvalue weighted by molar-refractivity contribution is -0.116. The highest BCUT2D eigenvalue weighted by Gasteiger charge is 2.11. The van der Waals surface area contributed by atoms with Crippen molar-refractivity contribution in [3.8, 4) is 22.8 Å². The van der Waals surface area contributed by atoms with Gasteiger partial charge in [0.15, 0.2) is 16.6 Å². The Labute approximate surface area is 149 Å². The third-order valence-electron chi connectivity index (χ3n) is 3.61. The number of amides is 1. The zero-order chi connectivity index (χ0) is 17.6.